The van der Waals surface area contributed by atoms with Crippen molar-refractivity contribution in [3.63, 3.8) is 0 Å². The summed E-state index contributed by atoms with van der Waals surface area (Å²) in [5.74, 6) is 0.522. The fraction of sp³-hybridized carbons (Fsp3) is 0.364. The minimum Gasteiger partial charge on any atom is -0.303 e. The van der Waals surface area contributed by atoms with E-state index in [9.17, 15) is 0 Å². The largest absolute Gasteiger partial charge is 0.303 e. The van der Waals surface area contributed by atoms with Crippen molar-refractivity contribution in [2.24, 2.45) is 0 Å². The Kier molecular flexibility index (Phi) is 15.7. The molecular formula is C33H44ClN3. The van der Waals surface area contributed by atoms with Crippen LogP contribution in [0.3, 0.4) is 0 Å². The quantitative estimate of drug-likeness (QED) is 0.204. The summed E-state index contributed by atoms with van der Waals surface area (Å²) in [6, 6.07) is 2.28. The molecule has 0 N–H and O–H groups in total. The molecule has 0 atom stereocenters. The SMILES string of the molecule is C#C.C=C/C=C\C=C(/C)CCN1CCC(c2cc(/C(C)=C/C=C(/Cl)C=C)nn2C/C(C)=C/C=C\C)CC1. The molecule has 3 nitrogen and oxygen atoms in total. The minimum atomic E-state index is 0.522. The van der Waals surface area contributed by atoms with Gasteiger partial charge in [0, 0.05) is 23.2 Å². The first-order valence-electron chi connectivity index (χ1n) is 12.9. The number of likely N-dealkylation sites (tertiary alicyclic amines) is 1. The van der Waals surface area contributed by atoms with Gasteiger partial charge in [0.1, 0.15) is 0 Å². The first-order chi connectivity index (χ1) is 17.9. The molecule has 1 aromatic rings. The van der Waals surface area contributed by atoms with Gasteiger partial charge in [0.2, 0.25) is 0 Å². The van der Waals surface area contributed by atoms with Gasteiger partial charge in [-0.25, -0.2) is 0 Å². The summed E-state index contributed by atoms with van der Waals surface area (Å²) in [5.41, 5.74) is 6.15. The fourth-order valence-corrected chi connectivity index (χ4v) is 4.22. The van der Waals surface area contributed by atoms with E-state index in [1.165, 1.54) is 16.8 Å². The number of allylic oxidation sites excluding steroid dienone is 13. The molecule has 2 rings (SSSR count). The van der Waals surface area contributed by atoms with E-state index in [1.54, 1.807) is 6.08 Å². The summed E-state index contributed by atoms with van der Waals surface area (Å²) in [6.07, 6.45) is 31.3. The summed E-state index contributed by atoms with van der Waals surface area (Å²) in [4.78, 5) is 2.59. The number of nitrogens with zero attached hydrogens (tertiary/aromatic N) is 3. The molecule has 0 aliphatic carbocycles. The van der Waals surface area contributed by atoms with Gasteiger partial charge >= 0.3 is 0 Å². The Bertz CT molecular complexity index is 1060. The van der Waals surface area contributed by atoms with Gasteiger partial charge in [0.05, 0.1) is 12.2 Å². The second-order valence-electron chi connectivity index (χ2n) is 9.26. The Balaban J connectivity index is 0.00000334. The maximum Gasteiger partial charge on any atom is 0.0883 e. The fourth-order valence-electron chi connectivity index (χ4n) is 4.16. The second-order valence-corrected chi connectivity index (χ2v) is 9.69. The number of halogens is 1. The highest BCUT2D eigenvalue weighted by molar-refractivity contribution is 6.31. The van der Waals surface area contributed by atoms with Crippen LogP contribution >= 0.6 is 11.6 Å². The molecule has 1 aromatic heterocycles. The monoisotopic (exact) mass is 517 g/mol. The van der Waals surface area contributed by atoms with E-state index in [0.717, 1.165) is 56.7 Å². The van der Waals surface area contributed by atoms with E-state index in [2.05, 4.69) is 92.8 Å². The van der Waals surface area contributed by atoms with Gasteiger partial charge in [0.25, 0.3) is 0 Å². The highest BCUT2D eigenvalue weighted by atomic mass is 35.5. The summed E-state index contributed by atoms with van der Waals surface area (Å²) in [5, 5.41) is 5.63. The Labute approximate surface area is 231 Å². The number of hydrogen-bond acceptors (Lipinski definition) is 2. The van der Waals surface area contributed by atoms with Crippen molar-refractivity contribution in [1.82, 2.24) is 14.7 Å². The standard InChI is InChI=1S/C31H42ClN3.C2H2/c1-7-10-12-14-25(4)17-20-34-21-18-28(19-22-34)31-23-30(27(6)15-16-29(32)9-3)33-35(31)24-26(5)13-11-8-2;1-2/h7-16,23,28H,1,3,17-22,24H2,2,4-6H3;1-2H/b11-8-,12-10-,25-14+,26-13+,27-15+,29-16+;. The Hall–Kier alpha value is -3.06. The van der Waals surface area contributed by atoms with Crippen molar-refractivity contribution in [3.05, 3.63) is 108 Å². The molecule has 1 aliphatic rings. The predicted molar refractivity (Wildman–Crippen MR) is 165 cm³/mol. The molecule has 1 fully saturated rings. The van der Waals surface area contributed by atoms with Crippen LogP contribution in [0, 0.1) is 12.8 Å². The third-order valence-electron chi connectivity index (χ3n) is 6.33. The van der Waals surface area contributed by atoms with E-state index < -0.39 is 0 Å². The predicted octanol–water partition coefficient (Wildman–Crippen LogP) is 8.62. The van der Waals surface area contributed by atoms with Crippen molar-refractivity contribution in [2.75, 3.05) is 19.6 Å². The van der Waals surface area contributed by atoms with Crippen LogP contribution in [-0.2, 0) is 6.54 Å². The van der Waals surface area contributed by atoms with Gasteiger partial charge < -0.3 is 4.90 Å². The highest BCUT2D eigenvalue weighted by Crippen LogP contribution is 2.31. The molecule has 1 saturated heterocycles. The number of aromatic nitrogens is 2. The maximum atomic E-state index is 6.11. The zero-order valence-electron chi connectivity index (χ0n) is 23.2. The zero-order chi connectivity index (χ0) is 27.6. The third-order valence-corrected chi connectivity index (χ3v) is 6.61. The Morgan fingerprint density at radius 1 is 1.03 bits per heavy atom. The number of hydrogen-bond donors (Lipinski definition) is 0. The minimum absolute atomic E-state index is 0.522. The molecule has 198 valence electrons. The van der Waals surface area contributed by atoms with Crippen molar-refractivity contribution >= 4 is 17.2 Å². The molecule has 0 amide bonds. The van der Waals surface area contributed by atoms with Gasteiger partial charge in [0.15, 0.2) is 0 Å². The van der Waals surface area contributed by atoms with E-state index in [-0.39, 0.29) is 0 Å². The van der Waals surface area contributed by atoms with Gasteiger partial charge in [-0.3, -0.25) is 4.68 Å². The van der Waals surface area contributed by atoms with Gasteiger partial charge in [-0.15, -0.1) is 12.8 Å². The molecule has 4 heteroatoms. The van der Waals surface area contributed by atoms with E-state index >= 15 is 0 Å². The molecule has 0 radical (unpaired) electrons. The van der Waals surface area contributed by atoms with Crippen LogP contribution < -0.4 is 0 Å². The van der Waals surface area contributed by atoms with Gasteiger partial charge in [-0.1, -0.05) is 90.6 Å². The summed E-state index contributed by atoms with van der Waals surface area (Å²) >= 11 is 6.11. The van der Waals surface area contributed by atoms with Crippen LogP contribution in [-0.4, -0.2) is 34.3 Å². The first-order valence-corrected chi connectivity index (χ1v) is 13.3. The van der Waals surface area contributed by atoms with Crippen LogP contribution in [0.15, 0.2) is 96.2 Å². The van der Waals surface area contributed by atoms with Crippen LogP contribution in [0.4, 0.5) is 0 Å². The van der Waals surface area contributed by atoms with Crippen LogP contribution in [0.1, 0.15) is 64.3 Å². The van der Waals surface area contributed by atoms with Gasteiger partial charge in [-0.05, 0) is 77.8 Å². The van der Waals surface area contributed by atoms with Crippen LogP contribution in [0.5, 0.6) is 0 Å². The van der Waals surface area contributed by atoms with Crippen molar-refractivity contribution in [2.45, 2.75) is 59.4 Å². The van der Waals surface area contributed by atoms with E-state index in [1.807, 2.05) is 31.2 Å². The van der Waals surface area contributed by atoms with Crippen molar-refractivity contribution in [3.8, 4) is 12.8 Å². The Morgan fingerprint density at radius 2 is 1.70 bits per heavy atom. The smallest absolute Gasteiger partial charge is 0.0883 e. The van der Waals surface area contributed by atoms with Crippen LogP contribution in [0.2, 0.25) is 0 Å². The highest BCUT2D eigenvalue weighted by Gasteiger charge is 2.24. The maximum absolute atomic E-state index is 6.11. The molecule has 37 heavy (non-hydrogen) atoms. The Morgan fingerprint density at radius 3 is 2.32 bits per heavy atom. The molecule has 2 heterocycles. The van der Waals surface area contributed by atoms with E-state index in [4.69, 9.17) is 16.7 Å². The summed E-state index contributed by atoms with van der Waals surface area (Å²) in [7, 11) is 0. The molecule has 1 aliphatic heterocycles. The lowest BCUT2D eigenvalue weighted by atomic mass is 9.92. The topological polar surface area (TPSA) is 21.1 Å². The number of piperidine rings is 1. The zero-order valence-corrected chi connectivity index (χ0v) is 23.9. The number of rotatable bonds is 12. The van der Waals surface area contributed by atoms with Gasteiger partial charge in [-0.2, -0.15) is 5.10 Å². The van der Waals surface area contributed by atoms with Crippen LogP contribution in [0.25, 0.3) is 5.57 Å². The number of terminal acetylenes is 1. The molecule has 0 saturated carbocycles. The lowest BCUT2D eigenvalue weighted by Crippen LogP contribution is -2.34. The molecular weight excluding hydrogens is 474 g/mol. The summed E-state index contributed by atoms with van der Waals surface area (Å²) < 4.78 is 2.21. The molecule has 0 spiro atoms. The normalized spacial score (nSPS) is 16.7. The second kappa shape index (κ2) is 18.2. The first kappa shape index (κ1) is 32.0. The van der Waals surface area contributed by atoms with Crippen molar-refractivity contribution in [1.29, 1.82) is 0 Å². The summed E-state index contributed by atoms with van der Waals surface area (Å²) in [6.45, 7) is 20.1. The van der Waals surface area contributed by atoms with Crippen molar-refractivity contribution < 1.29 is 0 Å². The molecule has 0 aromatic carbocycles. The average molecular weight is 518 g/mol. The average Bonchev–Trinajstić information content (AvgIpc) is 3.34. The van der Waals surface area contributed by atoms with E-state index in [0.29, 0.717) is 11.0 Å². The third kappa shape index (κ3) is 11.7. The lowest BCUT2D eigenvalue weighted by Gasteiger charge is -2.32. The lowest BCUT2D eigenvalue weighted by molar-refractivity contribution is 0.211. The molecule has 0 bridgehead atoms. The molecule has 0 unspecified atom stereocenters.